The first-order valence-electron chi connectivity index (χ1n) is 4.10. The highest BCUT2D eigenvalue weighted by Crippen LogP contribution is 2.17. The maximum Gasteiger partial charge on any atom is 0.339 e. The van der Waals surface area contributed by atoms with Crippen LogP contribution >= 0.6 is 0 Å². The van der Waals surface area contributed by atoms with Gasteiger partial charge in [0.1, 0.15) is 5.58 Å². The zero-order chi connectivity index (χ0) is 9.42. The second-order valence-corrected chi connectivity index (χ2v) is 3.06. The molecule has 0 aliphatic heterocycles. The third kappa shape index (κ3) is 1.15. The van der Waals surface area contributed by atoms with E-state index in [0.717, 1.165) is 10.9 Å². The normalized spacial score (nSPS) is 10.6. The molecule has 0 fully saturated rings. The van der Waals surface area contributed by atoms with Gasteiger partial charge in [0.05, 0.1) is 0 Å². The second-order valence-electron chi connectivity index (χ2n) is 3.06. The molecule has 1 aromatic heterocycles. The van der Waals surface area contributed by atoms with Crippen LogP contribution in [0, 0.1) is 19.9 Å². The molecule has 1 aromatic carbocycles. The summed E-state index contributed by atoms with van der Waals surface area (Å²) in [5.74, 6) is 0. The molecule has 2 rings (SSSR count). The van der Waals surface area contributed by atoms with Crippen LogP contribution in [0.4, 0.5) is 0 Å². The quantitative estimate of drug-likeness (QED) is 0.572. The van der Waals surface area contributed by atoms with E-state index in [2.05, 4.69) is 6.07 Å². The van der Waals surface area contributed by atoms with Crippen LogP contribution in [0.1, 0.15) is 11.1 Å². The molecule has 2 heteroatoms. The molecule has 0 N–H and O–H groups in total. The zero-order valence-electron chi connectivity index (χ0n) is 7.55. The summed E-state index contributed by atoms with van der Waals surface area (Å²) in [5.41, 5.74) is 2.01. The largest absolute Gasteiger partial charge is 0.422 e. The highest BCUT2D eigenvalue weighted by molar-refractivity contribution is 5.80. The summed E-state index contributed by atoms with van der Waals surface area (Å²) in [6, 6.07) is 8.28. The Bertz CT molecular complexity index is 509. The van der Waals surface area contributed by atoms with Crippen molar-refractivity contribution < 1.29 is 4.42 Å². The summed E-state index contributed by atoms with van der Waals surface area (Å²) >= 11 is 0. The van der Waals surface area contributed by atoms with Crippen LogP contribution < -0.4 is 5.63 Å². The smallest absolute Gasteiger partial charge is 0.339 e. The average Bonchev–Trinajstić information content (AvgIpc) is 2.15. The molecule has 1 radical (unpaired) electrons. The molecule has 0 spiro atoms. The molecule has 1 heterocycles. The van der Waals surface area contributed by atoms with E-state index < -0.39 is 0 Å². The van der Waals surface area contributed by atoms with Crippen molar-refractivity contribution >= 4 is 11.0 Å². The first kappa shape index (κ1) is 8.05. The number of aryl methyl sites for hydroxylation is 1. The lowest BCUT2D eigenvalue weighted by atomic mass is 10.1. The van der Waals surface area contributed by atoms with Gasteiger partial charge in [0.25, 0.3) is 0 Å². The fourth-order valence-electron chi connectivity index (χ4n) is 1.34. The van der Waals surface area contributed by atoms with Crippen molar-refractivity contribution in [1.29, 1.82) is 0 Å². The molecule has 0 saturated carbocycles. The van der Waals surface area contributed by atoms with Gasteiger partial charge in [-0.15, -0.1) is 0 Å². The maximum absolute atomic E-state index is 11.3. The Morgan fingerprint density at radius 1 is 1.31 bits per heavy atom. The summed E-state index contributed by atoms with van der Waals surface area (Å²) in [5, 5.41) is 0.982. The standard InChI is InChI=1S/C11H9O2/c1-7-8(2)11(12)13-10-6-4-3-5-9(7)10/h3,5-6H,1-2H3. The van der Waals surface area contributed by atoms with Gasteiger partial charge in [-0.3, -0.25) is 0 Å². The van der Waals surface area contributed by atoms with E-state index in [9.17, 15) is 4.79 Å². The van der Waals surface area contributed by atoms with Crippen LogP contribution in [0.3, 0.4) is 0 Å². The summed E-state index contributed by atoms with van der Waals surface area (Å²) in [6.07, 6.45) is 0. The van der Waals surface area contributed by atoms with Crippen LogP contribution in [-0.4, -0.2) is 0 Å². The SMILES string of the molecule is Cc1c(C)c2cc[c]cc2oc1=O. The van der Waals surface area contributed by atoms with Gasteiger partial charge >= 0.3 is 5.63 Å². The Balaban J connectivity index is 3.02. The van der Waals surface area contributed by atoms with E-state index in [4.69, 9.17) is 4.42 Å². The van der Waals surface area contributed by atoms with Crippen molar-refractivity contribution in [2.24, 2.45) is 0 Å². The molecule has 0 aliphatic rings. The molecule has 0 saturated heterocycles. The second kappa shape index (κ2) is 2.73. The molecule has 0 bridgehead atoms. The van der Waals surface area contributed by atoms with Crippen molar-refractivity contribution in [3.05, 3.63) is 45.8 Å². The van der Waals surface area contributed by atoms with Crippen LogP contribution in [0.15, 0.2) is 27.4 Å². The minimum absolute atomic E-state index is 0.260. The zero-order valence-corrected chi connectivity index (χ0v) is 7.55. The van der Waals surface area contributed by atoms with Gasteiger partial charge in [-0.25, -0.2) is 4.79 Å². The van der Waals surface area contributed by atoms with E-state index in [-0.39, 0.29) is 5.63 Å². The Hall–Kier alpha value is -1.57. The third-order valence-electron chi connectivity index (χ3n) is 2.30. The molecular weight excluding hydrogens is 164 g/mol. The maximum atomic E-state index is 11.3. The lowest BCUT2D eigenvalue weighted by molar-refractivity contribution is 0.553. The highest BCUT2D eigenvalue weighted by atomic mass is 16.4. The molecule has 0 aliphatic carbocycles. The number of hydrogen-bond donors (Lipinski definition) is 0. The lowest BCUT2D eigenvalue weighted by Gasteiger charge is -2.01. The van der Waals surface area contributed by atoms with Gasteiger partial charge in [-0.2, -0.15) is 0 Å². The molecule has 0 amide bonds. The third-order valence-corrected chi connectivity index (χ3v) is 2.30. The van der Waals surface area contributed by atoms with Crippen molar-refractivity contribution in [2.75, 3.05) is 0 Å². The molecule has 13 heavy (non-hydrogen) atoms. The lowest BCUT2D eigenvalue weighted by Crippen LogP contribution is -2.05. The highest BCUT2D eigenvalue weighted by Gasteiger charge is 2.05. The van der Waals surface area contributed by atoms with Gasteiger partial charge < -0.3 is 4.42 Å². The Morgan fingerprint density at radius 3 is 2.85 bits per heavy atom. The van der Waals surface area contributed by atoms with Crippen molar-refractivity contribution in [3.63, 3.8) is 0 Å². The molecule has 0 unspecified atom stereocenters. The fourth-order valence-corrected chi connectivity index (χ4v) is 1.34. The average molecular weight is 173 g/mol. The van der Waals surface area contributed by atoms with Gasteiger partial charge in [0.15, 0.2) is 0 Å². The van der Waals surface area contributed by atoms with Crippen LogP contribution in [-0.2, 0) is 0 Å². The van der Waals surface area contributed by atoms with Crippen LogP contribution in [0.2, 0.25) is 0 Å². The monoisotopic (exact) mass is 173 g/mol. The van der Waals surface area contributed by atoms with E-state index >= 15 is 0 Å². The van der Waals surface area contributed by atoms with Crippen molar-refractivity contribution in [3.8, 4) is 0 Å². The fraction of sp³-hybridized carbons (Fsp3) is 0.182. The topological polar surface area (TPSA) is 30.2 Å². The van der Waals surface area contributed by atoms with Crippen molar-refractivity contribution in [2.45, 2.75) is 13.8 Å². The predicted octanol–water partition coefficient (Wildman–Crippen LogP) is 2.21. The first-order valence-corrected chi connectivity index (χ1v) is 4.10. The number of fused-ring (bicyclic) bond motifs is 1. The Kier molecular flexibility index (Phi) is 1.69. The summed E-state index contributed by atoms with van der Waals surface area (Å²) in [6.45, 7) is 3.70. The van der Waals surface area contributed by atoms with E-state index in [1.807, 2.05) is 19.1 Å². The Labute approximate surface area is 75.8 Å². The number of benzene rings is 1. The molecular formula is C11H9O2. The minimum atomic E-state index is -0.260. The van der Waals surface area contributed by atoms with Gasteiger partial charge in [0, 0.05) is 10.9 Å². The van der Waals surface area contributed by atoms with Gasteiger partial charge in [0.2, 0.25) is 0 Å². The van der Waals surface area contributed by atoms with Gasteiger partial charge in [-0.05, 0) is 31.5 Å². The summed E-state index contributed by atoms with van der Waals surface area (Å²) < 4.78 is 5.09. The van der Waals surface area contributed by atoms with E-state index in [0.29, 0.717) is 11.1 Å². The Morgan fingerprint density at radius 2 is 2.08 bits per heavy atom. The molecule has 2 nitrogen and oxygen atoms in total. The predicted molar refractivity (Wildman–Crippen MR) is 50.8 cm³/mol. The van der Waals surface area contributed by atoms with E-state index in [1.165, 1.54) is 0 Å². The summed E-state index contributed by atoms with van der Waals surface area (Å²) in [7, 11) is 0. The van der Waals surface area contributed by atoms with Crippen molar-refractivity contribution in [1.82, 2.24) is 0 Å². The molecule has 0 atom stereocenters. The summed E-state index contributed by atoms with van der Waals surface area (Å²) in [4.78, 5) is 11.3. The van der Waals surface area contributed by atoms with Crippen LogP contribution in [0.25, 0.3) is 11.0 Å². The van der Waals surface area contributed by atoms with E-state index in [1.54, 1.807) is 13.0 Å². The molecule has 2 aromatic rings. The number of rotatable bonds is 0. The minimum Gasteiger partial charge on any atom is -0.422 e. The van der Waals surface area contributed by atoms with Crippen LogP contribution in [0.5, 0.6) is 0 Å². The van der Waals surface area contributed by atoms with Gasteiger partial charge in [-0.1, -0.05) is 12.1 Å². The molecule has 65 valence electrons. The number of hydrogen-bond acceptors (Lipinski definition) is 2. The first-order chi connectivity index (χ1) is 6.20.